The highest BCUT2D eigenvalue weighted by Gasteiger charge is 2.42. The summed E-state index contributed by atoms with van der Waals surface area (Å²) >= 11 is 3.47. The summed E-state index contributed by atoms with van der Waals surface area (Å²) in [6, 6.07) is 14.0. The number of hydrogen-bond donors (Lipinski definition) is 1. The van der Waals surface area contributed by atoms with Crippen LogP contribution in [0.4, 0.5) is 10.1 Å². The van der Waals surface area contributed by atoms with Crippen molar-refractivity contribution in [1.29, 1.82) is 0 Å². The third-order valence-electron chi connectivity index (χ3n) is 6.60. The molecule has 4 atom stereocenters. The van der Waals surface area contributed by atoms with Crippen LogP contribution in [0.3, 0.4) is 0 Å². The Morgan fingerprint density at radius 2 is 2.03 bits per heavy atom. The van der Waals surface area contributed by atoms with E-state index in [9.17, 15) is 9.18 Å². The average molecular weight is 474 g/mol. The van der Waals surface area contributed by atoms with Crippen molar-refractivity contribution >= 4 is 27.6 Å². The summed E-state index contributed by atoms with van der Waals surface area (Å²) in [6.45, 7) is 2.55. The number of halogens is 2. The van der Waals surface area contributed by atoms with Crippen molar-refractivity contribution in [2.24, 2.45) is 11.8 Å². The van der Waals surface area contributed by atoms with Crippen LogP contribution in [0.1, 0.15) is 68.5 Å². The number of carbonyl (C=O) groups excluding carboxylic acids is 1. The lowest BCUT2D eigenvalue weighted by atomic mass is 9.65. The maximum absolute atomic E-state index is 14.9. The number of anilines is 1. The van der Waals surface area contributed by atoms with Gasteiger partial charge in [0.1, 0.15) is 5.82 Å². The minimum Gasteiger partial charge on any atom is -0.465 e. The monoisotopic (exact) mass is 473 g/mol. The van der Waals surface area contributed by atoms with Crippen LogP contribution < -0.4 is 5.32 Å². The fourth-order valence-corrected chi connectivity index (χ4v) is 5.53. The van der Waals surface area contributed by atoms with Crippen molar-refractivity contribution in [2.75, 3.05) is 11.9 Å². The quantitative estimate of drug-likeness (QED) is 0.459. The molecule has 3 nitrogen and oxygen atoms in total. The van der Waals surface area contributed by atoms with Crippen molar-refractivity contribution in [2.45, 2.75) is 57.4 Å². The maximum Gasteiger partial charge on any atom is 0.305 e. The van der Waals surface area contributed by atoms with Crippen LogP contribution in [0.15, 0.2) is 46.9 Å². The molecule has 3 unspecified atom stereocenters. The van der Waals surface area contributed by atoms with Crippen LogP contribution in [-0.4, -0.2) is 12.6 Å². The average Bonchev–Trinajstić information content (AvgIpc) is 2.76. The van der Waals surface area contributed by atoms with Crippen molar-refractivity contribution in [3.63, 3.8) is 0 Å². The Bertz CT molecular complexity index is 888. The molecule has 0 saturated heterocycles. The second-order valence-corrected chi connectivity index (χ2v) is 9.54. The van der Waals surface area contributed by atoms with E-state index in [4.69, 9.17) is 4.74 Å². The number of hydrogen-bond acceptors (Lipinski definition) is 3. The van der Waals surface area contributed by atoms with E-state index in [1.807, 2.05) is 18.2 Å². The van der Waals surface area contributed by atoms with Gasteiger partial charge in [0.15, 0.2) is 0 Å². The van der Waals surface area contributed by atoms with Gasteiger partial charge in [0.2, 0.25) is 0 Å². The van der Waals surface area contributed by atoms with Gasteiger partial charge < -0.3 is 10.1 Å². The first-order valence-electron chi connectivity index (χ1n) is 11.0. The summed E-state index contributed by atoms with van der Waals surface area (Å²) in [6.07, 6.45) is 5.34. The minimum absolute atomic E-state index is 0.0902. The Balaban J connectivity index is 1.57. The van der Waals surface area contributed by atoms with Gasteiger partial charge in [0, 0.05) is 10.9 Å². The van der Waals surface area contributed by atoms with Gasteiger partial charge in [0.05, 0.1) is 18.3 Å². The topological polar surface area (TPSA) is 38.3 Å². The van der Waals surface area contributed by atoms with Gasteiger partial charge in [0.25, 0.3) is 0 Å². The van der Waals surface area contributed by atoms with Gasteiger partial charge in [-0.2, -0.15) is 0 Å². The van der Waals surface area contributed by atoms with E-state index in [2.05, 4.69) is 46.4 Å². The number of esters is 1. The van der Waals surface area contributed by atoms with E-state index < -0.39 is 0 Å². The van der Waals surface area contributed by atoms with E-state index in [0.717, 1.165) is 42.1 Å². The predicted octanol–water partition coefficient (Wildman–Crippen LogP) is 6.99. The number of benzene rings is 2. The van der Waals surface area contributed by atoms with Gasteiger partial charge >= 0.3 is 5.97 Å². The summed E-state index contributed by atoms with van der Waals surface area (Å²) in [4.78, 5) is 12.0. The molecule has 0 radical (unpaired) electrons. The molecule has 1 aliphatic carbocycles. The summed E-state index contributed by atoms with van der Waals surface area (Å²) in [5.41, 5.74) is 2.86. The number of fused-ring (bicyclic) bond motifs is 3. The molecule has 0 aromatic heterocycles. The molecule has 0 spiro atoms. The molecule has 4 rings (SSSR count). The van der Waals surface area contributed by atoms with Crippen LogP contribution >= 0.6 is 15.9 Å². The molecular weight excluding hydrogens is 445 g/mol. The highest BCUT2D eigenvalue weighted by molar-refractivity contribution is 9.10. The molecule has 2 aromatic rings. The number of nitrogens with one attached hydrogen (secondary N) is 1. The molecule has 1 aliphatic heterocycles. The van der Waals surface area contributed by atoms with Crippen LogP contribution in [0, 0.1) is 17.7 Å². The van der Waals surface area contributed by atoms with Gasteiger partial charge in [-0.1, -0.05) is 59.6 Å². The molecule has 30 heavy (non-hydrogen) atoms. The number of carbonyl (C=O) groups is 1. The summed E-state index contributed by atoms with van der Waals surface area (Å²) in [5, 5.41) is 3.51. The van der Waals surface area contributed by atoms with E-state index in [-0.39, 0.29) is 23.7 Å². The Labute approximate surface area is 186 Å². The zero-order valence-electron chi connectivity index (χ0n) is 17.4. The Morgan fingerprint density at radius 1 is 1.23 bits per heavy atom. The lowest BCUT2D eigenvalue weighted by molar-refractivity contribution is -0.145. The van der Waals surface area contributed by atoms with E-state index in [1.165, 1.54) is 11.6 Å². The molecule has 2 aliphatic rings. The van der Waals surface area contributed by atoms with Crippen molar-refractivity contribution in [3.8, 4) is 0 Å². The van der Waals surface area contributed by atoms with Crippen molar-refractivity contribution in [3.05, 3.63) is 63.9 Å². The Morgan fingerprint density at radius 3 is 2.80 bits per heavy atom. The van der Waals surface area contributed by atoms with Gasteiger partial charge in [-0.15, -0.1) is 0 Å². The summed E-state index contributed by atoms with van der Waals surface area (Å²) in [5.74, 6) is 0.640. The maximum atomic E-state index is 14.9. The number of ether oxygens (including phenoxy) is 1. The van der Waals surface area contributed by atoms with E-state index in [1.54, 1.807) is 0 Å². The van der Waals surface area contributed by atoms with Crippen molar-refractivity contribution < 1.29 is 13.9 Å². The second kappa shape index (κ2) is 9.51. The zero-order chi connectivity index (χ0) is 21.1. The molecule has 2 aromatic carbocycles. The predicted molar refractivity (Wildman–Crippen MR) is 121 cm³/mol. The van der Waals surface area contributed by atoms with Gasteiger partial charge in [-0.05, 0) is 66.7 Å². The highest BCUT2D eigenvalue weighted by atomic mass is 79.9. The van der Waals surface area contributed by atoms with E-state index >= 15 is 0 Å². The zero-order valence-corrected chi connectivity index (χ0v) is 19.0. The van der Waals surface area contributed by atoms with Crippen LogP contribution in [0.25, 0.3) is 0 Å². The number of unbranched alkanes of at least 4 members (excludes halogenated alkanes) is 1. The molecule has 1 heterocycles. The first-order valence-corrected chi connectivity index (χ1v) is 11.8. The Hall–Kier alpha value is -1.88. The first kappa shape index (κ1) is 21.4. The largest absolute Gasteiger partial charge is 0.465 e. The lowest BCUT2D eigenvalue weighted by Crippen LogP contribution is -2.37. The van der Waals surface area contributed by atoms with Crippen LogP contribution in [-0.2, 0) is 9.53 Å². The Kier molecular flexibility index (Phi) is 6.77. The molecule has 160 valence electrons. The van der Waals surface area contributed by atoms with E-state index in [0.29, 0.717) is 30.6 Å². The lowest BCUT2D eigenvalue weighted by Gasteiger charge is -2.46. The normalized spacial score (nSPS) is 25.0. The first-order chi connectivity index (χ1) is 14.6. The number of rotatable bonds is 6. The summed E-state index contributed by atoms with van der Waals surface area (Å²) in [7, 11) is 0. The molecule has 5 heteroatoms. The third-order valence-corrected chi connectivity index (χ3v) is 7.06. The van der Waals surface area contributed by atoms with Crippen LogP contribution in [0.5, 0.6) is 0 Å². The molecule has 1 fully saturated rings. The SMILES string of the molecule is CCCCC(=O)OCC1CCC2C(C1)c1cc(Br)cc(F)c1N[C@H]2c1ccccc1. The highest BCUT2D eigenvalue weighted by Crippen LogP contribution is 2.53. The minimum atomic E-state index is -0.216. The smallest absolute Gasteiger partial charge is 0.305 e. The fourth-order valence-electron chi connectivity index (χ4n) is 5.08. The van der Waals surface area contributed by atoms with Crippen LogP contribution in [0.2, 0.25) is 0 Å². The molecule has 0 amide bonds. The molecule has 1 saturated carbocycles. The van der Waals surface area contributed by atoms with Gasteiger partial charge in [-0.25, -0.2) is 4.39 Å². The summed E-state index contributed by atoms with van der Waals surface area (Å²) < 4.78 is 21.2. The third kappa shape index (κ3) is 4.56. The standard InChI is InChI=1S/C25H29BrFNO2/c1-2-3-9-23(29)30-15-16-10-11-19-20(12-16)21-13-18(26)14-22(27)25(21)28-24(19)17-7-5-4-6-8-17/h4-8,13-14,16,19-20,24,28H,2-3,9-12,15H2,1H3/t16?,19?,20?,24-/m0/s1. The fraction of sp³-hybridized carbons (Fsp3) is 0.480. The molecule has 0 bridgehead atoms. The second-order valence-electron chi connectivity index (χ2n) is 8.62. The van der Waals surface area contributed by atoms with Crippen molar-refractivity contribution in [1.82, 2.24) is 0 Å². The van der Waals surface area contributed by atoms with Gasteiger partial charge in [-0.3, -0.25) is 4.79 Å². The molecule has 1 N–H and O–H groups in total. The molecular formula is C25H29BrFNO2.